The predicted octanol–water partition coefficient (Wildman–Crippen LogP) is 2.62. The van der Waals surface area contributed by atoms with Gasteiger partial charge in [-0.1, -0.05) is 18.2 Å². The zero-order chi connectivity index (χ0) is 23.9. The van der Waals surface area contributed by atoms with Gasteiger partial charge in [-0.15, -0.1) is 0 Å². The number of carbonyl (C=O) groups is 2. The first kappa shape index (κ1) is 23.0. The molecule has 2 amide bonds. The summed E-state index contributed by atoms with van der Waals surface area (Å²) in [7, 11) is 1.64. The molecule has 1 aromatic heterocycles. The fourth-order valence-corrected chi connectivity index (χ4v) is 3.70. The largest absolute Gasteiger partial charge is 0.497 e. The van der Waals surface area contributed by atoms with Crippen molar-refractivity contribution in [2.24, 2.45) is 0 Å². The minimum absolute atomic E-state index is 0.0232. The molecule has 1 saturated heterocycles. The smallest absolute Gasteiger partial charge is 0.251 e. The molecule has 3 aromatic rings. The van der Waals surface area contributed by atoms with Gasteiger partial charge in [-0.2, -0.15) is 4.98 Å². The number of methoxy groups -OCH3 is 1. The topological polar surface area (TPSA) is 99.7 Å². The Bertz CT molecular complexity index is 1130. The van der Waals surface area contributed by atoms with E-state index < -0.39 is 0 Å². The molecule has 1 fully saturated rings. The number of ether oxygens (including phenoxy) is 1. The summed E-state index contributed by atoms with van der Waals surface area (Å²) in [5.41, 5.74) is 2.29. The van der Waals surface area contributed by atoms with Crippen LogP contribution in [0.15, 0.2) is 60.7 Å². The molecule has 0 spiro atoms. The molecule has 0 bridgehead atoms. The predicted molar refractivity (Wildman–Crippen MR) is 131 cm³/mol. The van der Waals surface area contributed by atoms with Crippen LogP contribution < -0.4 is 20.3 Å². The Morgan fingerprint density at radius 3 is 2.35 bits per heavy atom. The molecule has 9 nitrogen and oxygen atoms in total. The maximum atomic E-state index is 12.6. The molecule has 0 radical (unpaired) electrons. The van der Waals surface area contributed by atoms with Crippen LogP contribution >= 0.6 is 0 Å². The van der Waals surface area contributed by atoms with E-state index in [-0.39, 0.29) is 18.4 Å². The fraction of sp³-hybridized carbons (Fsp3) is 0.280. The van der Waals surface area contributed by atoms with Gasteiger partial charge >= 0.3 is 0 Å². The van der Waals surface area contributed by atoms with E-state index in [1.165, 1.54) is 0 Å². The monoisotopic (exact) mass is 460 g/mol. The number of aromatic nitrogens is 2. The van der Waals surface area contributed by atoms with Crippen LogP contribution in [0.2, 0.25) is 0 Å². The first-order valence-electron chi connectivity index (χ1n) is 11.1. The van der Waals surface area contributed by atoms with E-state index in [1.54, 1.807) is 36.3 Å². The first-order chi connectivity index (χ1) is 16.5. The molecule has 34 heavy (non-hydrogen) atoms. The molecular weight excluding hydrogens is 432 g/mol. The minimum Gasteiger partial charge on any atom is -0.497 e. The molecule has 2 N–H and O–H groups in total. The number of piperazine rings is 1. The van der Waals surface area contributed by atoms with Gasteiger partial charge in [0, 0.05) is 49.2 Å². The van der Waals surface area contributed by atoms with Crippen molar-refractivity contribution in [3.63, 3.8) is 0 Å². The lowest BCUT2D eigenvalue weighted by molar-refractivity contribution is -0.130. The molecule has 0 saturated carbocycles. The molecule has 176 valence electrons. The zero-order valence-corrected chi connectivity index (χ0v) is 19.3. The van der Waals surface area contributed by atoms with Crippen LogP contribution in [0.1, 0.15) is 16.1 Å². The van der Waals surface area contributed by atoms with Crippen molar-refractivity contribution >= 4 is 29.3 Å². The normalized spacial score (nSPS) is 13.4. The van der Waals surface area contributed by atoms with E-state index >= 15 is 0 Å². The van der Waals surface area contributed by atoms with Crippen LogP contribution in [0.3, 0.4) is 0 Å². The van der Waals surface area contributed by atoms with Gasteiger partial charge in [0.15, 0.2) is 0 Å². The van der Waals surface area contributed by atoms with E-state index in [1.807, 2.05) is 43.3 Å². The van der Waals surface area contributed by atoms with E-state index in [0.717, 1.165) is 17.1 Å². The summed E-state index contributed by atoms with van der Waals surface area (Å²) in [5.74, 6) is 1.76. The zero-order valence-electron chi connectivity index (χ0n) is 19.3. The summed E-state index contributed by atoms with van der Waals surface area (Å²) in [4.78, 5) is 37.8. The number of aryl methyl sites for hydroxylation is 1. The minimum atomic E-state index is -0.252. The van der Waals surface area contributed by atoms with Gasteiger partial charge in [0.1, 0.15) is 11.6 Å². The third-order valence-corrected chi connectivity index (χ3v) is 5.56. The lowest BCUT2D eigenvalue weighted by atomic mass is 10.2. The van der Waals surface area contributed by atoms with Gasteiger partial charge in [-0.05, 0) is 43.3 Å². The number of carbonyl (C=O) groups excluding carboxylic acids is 2. The molecule has 1 aliphatic heterocycles. The molecule has 0 aliphatic carbocycles. The van der Waals surface area contributed by atoms with Crippen molar-refractivity contribution in [2.45, 2.75) is 6.92 Å². The van der Waals surface area contributed by atoms with Crippen molar-refractivity contribution in [3.8, 4) is 5.75 Å². The van der Waals surface area contributed by atoms with E-state index in [9.17, 15) is 9.59 Å². The number of amides is 2. The average molecular weight is 461 g/mol. The van der Waals surface area contributed by atoms with Crippen molar-refractivity contribution < 1.29 is 14.3 Å². The van der Waals surface area contributed by atoms with Crippen molar-refractivity contribution in [1.82, 2.24) is 20.2 Å². The fourth-order valence-electron chi connectivity index (χ4n) is 3.70. The van der Waals surface area contributed by atoms with Gasteiger partial charge in [-0.25, -0.2) is 4.98 Å². The van der Waals surface area contributed by atoms with Crippen LogP contribution in [0.5, 0.6) is 5.75 Å². The second kappa shape index (κ2) is 10.7. The summed E-state index contributed by atoms with van der Waals surface area (Å²) in [6.45, 7) is 4.22. The SMILES string of the molecule is COc1ccc(Nc2cc(C)nc(N3CCN(C(=O)CNC(=O)c4ccccc4)CC3)n2)cc1. The highest BCUT2D eigenvalue weighted by atomic mass is 16.5. The Kier molecular flexibility index (Phi) is 7.22. The van der Waals surface area contributed by atoms with Gasteiger partial charge in [0.25, 0.3) is 5.91 Å². The van der Waals surface area contributed by atoms with E-state index in [0.29, 0.717) is 43.5 Å². The molecule has 0 atom stereocenters. The van der Waals surface area contributed by atoms with Gasteiger partial charge in [-0.3, -0.25) is 9.59 Å². The quantitative estimate of drug-likeness (QED) is 0.559. The van der Waals surface area contributed by atoms with Crippen LogP contribution in [0.25, 0.3) is 0 Å². The van der Waals surface area contributed by atoms with Crippen LogP contribution in [-0.4, -0.2) is 66.5 Å². The molecule has 9 heteroatoms. The van der Waals surface area contributed by atoms with Crippen LogP contribution in [0, 0.1) is 6.92 Å². The van der Waals surface area contributed by atoms with E-state index in [2.05, 4.69) is 25.5 Å². The maximum absolute atomic E-state index is 12.6. The lowest BCUT2D eigenvalue weighted by Gasteiger charge is -2.35. The van der Waals surface area contributed by atoms with Gasteiger partial charge in [0.2, 0.25) is 11.9 Å². The van der Waals surface area contributed by atoms with Crippen molar-refractivity contribution in [3.05, 3.63) is 71.9 Å². The first-order valence-corrected chi connectivity index (χ1v) is 11.1. The summed E-state index contributed by atoms with van der Waals surface area (Å²) < 4.78 is 5.20. The average Bonchev–Trinajstić information content (AvgIpc) is 2.88. The highest BCUT2D eigenvalue weighted by Gasteiger charge is 2.23. The Balaban J connectivity index is 1.31. The van der Waals surface area contributed by atoms with Gasteiger partial charge < -0.3 is 25.2 Å². The summed E-state index contributed by atoms with van der Waals surface area (Å²) in [6.07, 6.45) is 0. The molecule has 2 heterocycles. The standard InChI is InChI=1S/C25H28N6O3/c1-18-16-22(28-20-8-10-21(34-2)11-9-20)29-25(27-18)31-14-12-30(13-15-31)23(32)17-26-24(33)19-6-4-3-5-7-19/h3-11,16H,12-15,17H2,1-2H3,(H,26,33)(H,27,28,29). The Morgan fingerprint density at radius 1 is 0.971 bits per heavy atom. The van der Waals surface area contributed by atoms with Gasteiger partial charge in [0.05, 0.1) is 13.7 Å². The number of benzene rings is 2. The second-order valence-electron chi connectivity index (χ2n) is 7.96. The summed E-state index contributed by atoms with van der Waals surface area (Å²) in [6, 6.07) is 18.4. The number of hydrogen-bond acceptors (Lipinski definition) is 7. The van der Waals surface area contributed by atoms with Crippen molar-refractivity contribution in [2.75, 3.05) is 50.1 Å². The molecular formula is C25H28N6O3. The Hall–Kier alpha value is -4.14. The summed E-state index contributed by atoms with van der Waals surface area (Å²) >= 11 is 0. The number of rotatable bonds is 7. The van der Waals surface area contributed by atoms with E-state index in [4.69, 9.17) is 4.74 Å². The Morgan fingerprint density at radius 2 is 1.68 bits per heavy atom. The number of anilines is 3. The molecule has 2 aromatic carbocycles. The highest BCUT2D eigenvalue weighted by Crippen LogP contribution is 2.21. The lowest BCUT2D eigenvalue weighted by Crippen LogP contribution is -2.51. The Labute approximate surface area is 198 Å². The van der Waals surface area contributed by atoms with Crippen LogP contribution in [0.4, 0.5) is 17.5 Å². The molecule has 1 aliphatic rings. The van der Waals surface area contributed by atoms with Crippen LogP contribution in [-0.2, 0) is 4.79 Å². The number of nitrogens with one attached hydrogen (secondary N) is 2. The summed E-state index contributed by atoms with van der Waals surface area (Å²) in [5, 5.41) is 6.00. The number of hydrogen-bond donors (Lipinski definition) is 2. The maximum Gasteiger partial charge on any atom is 0.251 e. The molecule has 0 unspecified atom stereocenters. The number of nitrogens with zero attached hydrogens (tertiary/aromatic N) is 4. The van der Waals surface area contributed by atoms with Crippen molar-refractivity contribution in [1.29, 1.82) is 0 Å². The highest BCUT2D eigenvalue weighted by molar-refractivity contribution is 5.96. The molecule has 4 rings (SSSR count). The third kappa shape index (κ3) is 5.80. The third-order valence-electron chi connectivity index (χ3n) is 5.56. The second-order valence-corrected chi connectivity index (χ2v) is 7.96.